The van der Waals surface area contributed by atoms with Crippen molar-refractivity contribution in [3.05, 3.63) is 40.9 Å². The molecular formula is C9H13N5O2. The summed E-state index contributed by atoms with van der Waals surface area (Å²) < 4.78 is 4.00. The van der Waals surface area contributed by atoms with Crippen molar-refractivity contribution in [1.82, 2.24) is 14.5 Å². The van der Waals surface area contributed by atoms with Crippen LogP contribution in [0.5, 0.6) is 0 Å². The second kappa shape index (κ2) is 5.06. The quantitative estimate of drug-likeness (QED) is 0.390. The second-order valence-corrected chi connectivity index (χ2v) is 3.28. The summed E-state index contributed by atoms with van der Waals surface area (Å²) in [5, 5.41) is 9.92. The summed E-state index contributed by atoms with van der Waals surface area (Å²) in [5.74, 6) is 0.245. The Hall–Kier alpha value is -2.18. The van der Waals surface area contributed by atoms with Crippen LogP contribution in [0.2, 0.25) is 0 Å². The molecule has 0 N–H and O–H groups in total. The van der Waals surface area contributed by atoms with Gasteiger partial charge < -0.3 is 20.1 Å². The van der Waals surface area contributed by atoms with Crippen LogP contribution in [0.1, 0.15) is 5.82 Å². The smallest absolute Gasteiger partial charge is 0.243 e. The summed E-state index contributed by atoms with van der Waals surface area (Å²) in [4.78, 5) is 16.4. The molecule has 86 valence electrons. The van der Waals surface area contributed by atoms with Crippen molar-refractivity contribution in [3.63, 3.8) is 0 Å². The van der Waals surface area contributed by atoms with E-state index in [-0.39, 0.29) is 5.82 Å². The molecule has 2 aromatic heterocycles. The number of aryl methyl sites for hydroxylation is 3. The van der Waals surface area contributed by atoms with Gasteiger partial charge in [0.15, 0.2) is 5.82 Å². The molecule has 7 nitrogen and oxygen atoms in total. The fourth-order valence-corrected chi connectivity index (χ4v) is 1.04. The van der Waals surface area contributed by atoms with Crippen LogP contribution in [0, 0.1) is 17.0 Å². The molecule has 0 fully saturated rings. The van der Waals surface area contributed by atoms with Crippen molar-refractivity contribution < 1.29 is 9.49 Å². The number of rotatable bonds is 1. The van der Waals surface area contributed by atoms with Crippen molar-refractivity contribution in [3.8, 4) is 0 Å². The van der Waals surface area contributed by atoms with Gasteiger partial charge in [-0.15, -0.1) is 0 Å². The Kier molecular flexibility index (Phi) is 3.76. The number of nitrogens with zero attached hydrogens (tertiary/aromatic N) is 5. The monoisotopic (exact) mass is 223 g/mol. The molecule has 2 rings (SSSR count). The van der Waals surface area contributed by atoms with Crippen molar-refractivity contribution in [1.29, 1.82) is 0 Å². The zero-order valence-electron chi connectivity index (χ0n) is 9.36. The Bertz CT molecular complexity index is 457. The molecule has 0 spiro atoms. The molecule has 0 amide bonds. The van der Waals surface area contributed by atoms with E-state index in [1.165, 1.54) is 0 Å². The Balaban J connectivity index is 0.000000165. The highest BCUT2D eigenvalue weighted by atomic mass is 16.6. The zero-order chi connectivity index (χ0) is 12.1. The highest BCUT2D eigenvalue weighted by molar-refractivity contribution is 5.13. The molecule has 0 bridgehead atoms. The van der Waals surface area contributed by atoms with E-state index in [0.29, 0.717) is 5.82 Å². The summed E-state index contributed by atoms with van der Waals surface area (Å²) in [6.07, 6.45) is 7.13. The van der Waals surface area contributed by atoms with Crippen molar-refractivity contribution >= 4 is 5.82 Å². The second-order valence-electron chi connectivity index (χ2n) is 3.28. The van der Waals surface area contributed by atoms with E-state index in [9.17, 15) is 10.1 Å². The molecule has 0 aliphatic heterocycles. The molecule has 0 radical (unpaired) electrons. The molecule has 2 aromatic rings. The Labute approximate surface area is 92.5 Å². The molecule has 0 saturated heterocycles. The molecule has 7 heteroatoms. The lowest BCUT2D eigenvalue weighted by Gasteiger charge is -1.94. The van der Waals surface area contributed by atoms with Gasteiger partial charge in [0.2, 0.25) is 6.33 Å². The number of hydrogen-bond acceptors (Lipinski definition) is 3. The van der Waals surface area contributed by atoms with Crippen LogP contribution in [0.4, 0.5) is 5.82 Å². The van der Waals surface area contributed by atoms with Gasteiger partial charge in [-0.05, 0) is 13.1 Å². The topological polar surface area (TPSA) is 78.9 Å². The first kappa shape index (κ1) is 11.9. The molecule has 0 aromatic carbocycles. The average molecular weight is 223 g/mol. The predicted molar refractivity (Wildman–Crippen MR) is 55.5 cm³/mol. The summed E-state index contributed by atoms with van der Waals surface area (Å²) in [6.45, 7) is 1.60. The van der Waals surface area contributed by atoms with Crippen molar-refractivity contribution in [2.24, 2.45) is 14.1 Å². The minimum absolute atomic E-state index is 0.187. The lowest BCUT2D eigenvalue weighted by Crippen LogP contribution is -2.23. The summed E-state index contributed by atoms with van der Waals surface area (Å²) in [6, 6.07) is 0. The van der Waals surface area contributed by atoms with Crippen LogP contribution >= 0.6 is 0 Å². The Morgan fingerprint density at radius 1 is 1.62 bits per heavy atom. The first-order valence-electron chi connectivity index (χ1n) is 4.57. The third-order valence-electron chi connectivity index (χ3n) is 1.73. The first-order valence-corrected chi connectivity index (χ1v) is 4.57. The van der Waals surface area contributed by atoms with E-state index in [4.69, 9.17) is 0 Å². The molecule has 0 atom stereocenters. The molecule has 16 heavy (non-hydrogen) atoms. The van der Waals surface area contributed by atoms with Crippen LogP contribution in [-0.4, -0.2) is 14.5 Å². The lowest BCUT2D eigenvalue weighted by atomic mass is 10.7. The fourth-order valence-electron chi connectivity index (χ4n) is 1.04. The van der Waals surface area contributed by atoms with Gasteiger partial charge in [-0.25, -0.2) is 9.13 Å². The van der Waals surface area contributed by atoms with E-state index in [1.807, 2.05) is 42.0 Å². The molecular weight excluding hydrogens is 210 g/mol. The zero-order valence-corrected chi connectivity index (χ0v) is 9.36. The van der Waals surface area contributed by atoms with Gasteiger partial charge in [0, 0.05) is 0 Å². The number of aromatic nitrogens is 4. The summed E-state index contributed by atoms with van der Waals surface area (Å²) in [5.41, 5.74) is 0. The summed E-state index contributed by atoms with van der Waals surface area (Å²) in [7, 11) is 4.00. The normalized spacial score (nSPS) is 9.44. The van der Waals surface area contributed by atoms with E-state index in [2.05, 4.69) is 9.97 Å². The predicted octanol–water partition coefficient (Wildman–Crippen LogP) is 0.105. The van der Waals surface area contributed by atoms with Crippen molar-refractivity contribution in [2.75, 3.05) is 0 Å². The summed E-state index contributed by atoms with van der Waals surface area (Å²) >= 11 is 0. The highest BCUT2D eigenvalue weighted by Crippen LogP contribution is 2.02. The van der Waals surface area contributed by atoms with Gasteiger partial charge >= 0.3 is 0 Å². The van der Waals surface area contributed by atoms with Gasteiger partial charge in [-0.3, -0.25) is 0 Å². The van der Waals surface area contributed by atoms with Gasteiger partial charge in [-0.2, -0.15) is 0 Å². The van der Waals surface area contributed by atoms with Gasteiger partial charge in [0.1, 0.15) is 12.4 Å². The SMILES string of the molecule is Cc1nc([N+](=O)[O-])c[n-]1.Cn1cc[n+](C)c1. The number of imidazole rings is 2. The Morgan fingerprint density at radius 3 is 2.50 bits per heavy atom. The van der Waals surface area contributed by atoms with Crippen molar-refractivity contribution in [2.45, 2.75) is 6.92 Å². The maximum Gasteiger partial charge on any atom is 0.243 e. The number of hydrogen-bond donors (Lipinski definition) is 0. The van der Waals surface area contributed by atoms with Gasteiger partial charge in [0.05, 0.1) is 14.1 Å². The van der Waals surface area contributed by atoms with E-state index >= 15 is 0 Å². The van der Waals surface area contributed by atoms with Crippen LogP contribution in [0.3, 0.4) is 0 Å². The van der Waals surface area contributed by atoms with Crippen LogP contribution in [-0.2, 0) is 14.1 Å². The minimum atomic E-state index is -0.569. The molecule has 0 saturated carbocycles. The van der Waals surface area contributed by atoms with Crippen LogP contribution < -0.4 is 9.55 Å². The lowest BCUT2D eigenvalue weighted by molar-refractivity contribution is -0.670. The van der Waals surface area contributed by atoms with Gasteiger partial charge in [0.25, 0.3) is 0 Å². The minimum Gasteiger partial charge on any atom is -0.443 e. The average Bonchev–Trinajstić information content (AvgIpc) is 2.76. The van der Waals surface area contributed by atoms with E-state index < -0.39 is 4.92 Å². The van der Waals surface area contributed by atoms with E-state index in [1.54, 1.807) is 6.92 Å². The first-order chi connectivity index (χ1) is 7.49. The third-order valence-corrected chi connectivity index (χ3v) is 1.73. The number of nitro groups is 1. The van der Waals surface area contributed by atoms with E-state index in [0.717, 1.165) is 6.20 Å². The maximum absolute atomic E-state index is 9.92. The Morgan fingerprint density at radius 2 is 2.31 bits per heavy atom. The highest BCUT2D eigenvalue weighted by Gasteiger charge is 1.89. The van der Waals surface area contributed by atoms with Crippen LogP contribution in [0.25, 0.3) is 0 Å². The molecule has 0 aliphatic rings. The standard InChI is InChI=1S/C5H9N2.C4H4N3O2/c1-6-3-4-7(2)5-6;1-3-5-2-4(6-3)7(8)9/h3-5H,1-2H3;2H,1H3/q+1;-1. The molecule has 0 unspecified atom stereocenters. The molecule has 0 aliphatic carbocycles. The van der Waals surface area contributed by atoms with Crippen LogP contribution in [0.15, 0.2) is 24.9 Å². The maximum atomic E-state index is 9.92. The third kappa shape index (κ3) is 3.52. The largest absolute Gasteiger partial charge is 0.443 e. The fraction of sp³-hybridized carbons (Fsp3) is 0.333. The van der Waals surface area contributed by atoms with Gasteiger partial charge in [-0.1, -0.05) is 10.7 Å². The molecule has 2 heterocycles.